The van der Waals surface area contributed by atoms with E-state index in [0.29, 0.717) is 139 Å². The van der Waals surface area contributed by atoms with Crippen LogP contribution in [0.2, 0.25) is 0 Å². The van der Waals surface area contributed by atoms with Crippen molar-refractivity contribution < 1.29 is 66.3 Å². The molecule has 0 aliphatic carbocycles. The van der Waals surface area contributed by atoms with Crippen molar-refractivity contribution in [2.45, 2.75) is 45.4 Å². The standard InChI is InChI=1S/C73H76O14S/c1-9-17-74-60-25-53(26-61(39-60)75-18-10-2)46-82-68-33-57(34-69(43-68)83-47-54-27-62(76-19-11-3)40-63(28-54)77-20-12-4)50-86-72-37-59(52-88)38-73(45-72)87-51-58-35-70(84-48-55-29-64(78-21-13-5)41-65(30-55)79-22-14-6)44-71(36-58)85-49-56-31-66(80-23-15-7)42-67(32-56)81-24-16-8/h9-16,25-45,88H,1-8,17-24,46-52H2. The fraction of sp³-hybridized carbons (Fsp3) is 0.205. The van der Waals surface area contributed by atoms with E-state index in [1.165, 1.54) is 0 Å². The smallest absolute Gasteiger partial charge is 0.123 e. The monoisotopic (exact) mass is 1210 g/mol. The lowest BCUT2D eigenvalue weighted by atomic mass is 10.1. The van der Waals surface area contributed by atoms with Gasteiger partial charge in [0.2, 0.25) is 0 Å². The average Bonchev–Trinajstić information content (AvgIpc) is 3.74. The SMILES string of the molecule is C=CCOc1cc(COc2cc(COc3cc(CS)cc(OCc4cc(OCc5cc(OCC=C)cc(OCC=C)c5)cc(OCc5cc(OCC=C)cc(OCC=C)c5)c4)c3)cc(OCc3cc(OCC=C)cc(OCC=C)c3)c2)cc(OCC=C)c1. The molecule has 88 heavy (non-hydrogen) atoms. The quantitative estimate of drug-likeness (QED) is 0.0287. The number of benzene rings is 7. The highest BCUT2D eigenvalue weighted by molar-refractivity contribution is 7.79. The molecule has 14 nitrogen and oxygen atoms in total. The summed E-state index contributed by atoms with van der Waals surface area (Å²) in [7, 11) is 0. The van der Waals surface area contributed by atoms with Crippen molar-refractivity contribution in [2.24, 2.45) is 0 Å². The molecule has 0 spiro atoms. The van der Waals surface area contributed by atoms with Gasteiger partial charge >= 0.3 is 0 Å². The summed E-state index contributed by atoms with van der Waals surface area (Å²) in [6, 6.07) is 39.4. The maximum Gasteiger partial charge on any atom is 0.123 e. The van der Waals surface area contributed by atoms with Gasteiger partial charge in [0.1, 0.15) is 173 Å². The molecular formula is C73H76O14S. The van der Waals surface area contributed by atoms with E-state index in [1.54, 1.807) is 48.6 Å². The topological polar surface area (TPSA) is 129 Å². The minimum Gasteiger partial charge on any atom is -0.489 e. The summed E-state index contributed by atoms with van der Waals surface area (Å²) in [4.78, 5) is 0. The lowest BCUT2D eigenvalue weighted by Gasteiger charge is -2.16. The fourth-order valence-corrected chi connectivity index (χ4v) is 8.60. The van der Waals surface area contributed by atoms with Crippen LogP contribution >= 0.6 is 12.6 Å². The van der Waals surface area contributed by atoms with E-state index in [-0.39, 0.29) is 39.6 Å². The van der Waals surface area contributed by atoms with Gasteiger partial charge in [-0.2, -0.15) is 12.6 Å². The Morgan fingerprint density at radius 3 is 0.443 bits per heavy atom. The Morgan fingerprint density at radius 2 is 0.318 bits per heavy atom. The lowest BCUT2D eigenvalue weighted by molar-refractivity contribution is 0.274. The number of ether oxygens (including phenoxy) is 14. The molecule has 0 radical (unpaired) electrons. The minimum atomic E-state index is 0.133. The first-order chi connectivity index (χ1) is 43.1. The van der Waals surface area contributed by atoms with Gasteiger partial charge in [-0.25, -0.2) is 0 Å². The van der Waals surface area contributed by atoms with Gasteiger partial charge in [0.25, 0.3) is 0 Å². The molecule has 0 atom stereocenters. The molecule has 0 N–H and O–H groups in total. The van der Waals surface area contributed by atoms with Crippen molar-refractivity contribution in [1.29, 1.82) is 0 Å². The molecule has 7 aromatic rings. The van der Waals surface area contributed by atoms with Gasteiger partial charge in [0, 0.05) is 48.2 Å². The number of hydrogen-bond acceptors (Lipinski definition) is 15. The molecule has 0 heterocycles. The molecule has 0 aliphatic heterocycles. The van der Waals surface area contributed by atoms with Crippen molar-refractivity contribution in [2.75, 3.05) is 52.9 Å². The van der Waals surface area contributed by atoms with E-state index in [9.17, 15) is 0 Å². The summed E-state index contributed by atoms with van der Waals surface area (Å²) in [5.41, 5.74) is 5.65. The van der Waals surface area contributed by atoms with Crippen molar-refractivity contribution in [3.05, 3.63) is 268 Å². The predicted molar refractivity (Wildman–Crippen MR) is 349 cm³/mol. The Hall–Kier alpha value is -9.99. The average molecular weight is 1210 g/mol. The van der Waals surface area contributed by atoms with Gasteiger partial charge in [-0.15, -0.1) is 0 Å². The Kier molecular flexibility index (Phi) is 26.9. The molecule has 0 aromatic heterocycles. The predicted octanol–water partition coefficient (Wildman–Crippen LogP) is 16.1. The largest absolute Gasteiger partial charge is 0.489 e. The van der Waals surface area contributed by atoms with Gasteiger partial charge in [0.05, 0.1) is 0 Å². The van der Waals surface area contributed by atoms with Crippen LogP contribution in [0.5, 0.6) is 80.5 Å². The van der Waals surface area contributed by atoms with Crippen LogP contribution in [0.15, 0.2) is 229 Å². The summed E-state index contributed by atoms with van der Waals surface area (Å²) in [6.45, 7) is 33.8. The second-order valence-electron chi connectivity index (χ2n) is 19.4. The van der Waals surface area contributed by atoms with E-state index < -0.39 is 0 Å². The molecule has 0 saturated heterocycles. The first kappa shape index (κ1) is 65.6. The second kappa shape index (κ2) is 36.1. The zero-order valence-electron chi connectivity index (χ0n) is 49.7. The van der Waals surface area contributed by atoms with Crippen LogP contribution in [0.3, 0.4) is 0 Å². The molecule has 0 amide bonds. The highest BCUT2D eigenvalue weighted by Crippen LogP contribution is 2.34. The molecule has 458 valence electrons. The maximum absolute atomic E-state index is 6.56. The van der Waals surface area contributed by atoms with E-state index in [4.69, 9.17) is 66.3 Å². The van der Waals surface area contributed by atoms with Crippen LogP contribution in [0, 0.1) is 0 Å². The highest BCUT2D eigenvalue weighted by Gasteiger charge is 2.14. The molecule has 0 unspecified atom stereocenters. The van der Waals surface area contributed by atoms with Gasteiger partial charge in [-0.1, -0.05) is 101 Å². The lowest BCUT2D eigenvalue weighted by Crippen LogP contribution is -2.04. The highest BCUT2D eigenvalue weighted by atomic mass is 32.1. The van der Waals surface area contributed by atoms with Crippen LogP contribution in [-0.2, 0) is 45.4 Å². The normalized spacial score (nSPS) is 10.5. The molecule has 0 aliphatic rings. The fourth-order valence-electron chi connectivity index (χ4n) is 8.41. The molecule has 7 aromatic carbocycles. The molecule has 7 rings (SSSR count). The van der Waals surface area contributed by atoms with Crippen LogP contribution in [0.25, 0.3) is 0 Å². The third-order valence-electron chi connectivity index (χ3n) is 12.1. The van der Waals surface area contributed by atoms with Crippen molar-refractivity contribution in [1.82, 2.24) is 0 Å². The first-order valence-electron chi connectivity index (χ1n) is 28.3. The van der Waals surface area contributed by atoms with E-state index in [1.807, 2.05) is 127 Å². The molecule has 15 heteroatoms. The molecule has 0 bridgehead atoms. The second-order valence-corrected chi connectivity index (χ2v) is 19.7. The summed E-state index contributed by atoms with van der Waals surface area (Å²) >= 11 is 4.66. The van der Waals surface area contributed by atoms with Gasteiger partial charge in [0.15, 0.2) is 0 Å². The zero-order chi connectivity index (χ0) is 62.1. The third-order valence-corrected chi connectivity index (χ3v) is 12.5. The van der Waals surface area contributed by atoms with Gasteiger partial charge < -0.3 is 66.3 Å². The Balaban J connectivity index is 1.14. The summed E-state index contributed by atoms with van der Waals surface area (Å²) in [5, 5.41) is 0. The van der Waals surface area contributed by atoms with Crippen LogP contribution < -0.4 is 66.3 Å². The molecule has 0 fully saturated rings. The van der Waals surface area contributed by atoms with Gasteiger partial charge in [-0.3, -0.25) is 0 Å². The molecule has 0 saturated carbocycles. The van der Waals surface area contributed by atoms with Crippen LogP contribution in [0.1, 0.15) is 38.9 Å². The zero-order valence-corrected chi connectivity index (χ0v) is 50.6. The Morgan fingerprint density at radius 1 is 0.193 bits per heavy atom. The Labute approximate surface area is 522 Å². The summed E-state index contributed by atoms with van der Waals surface area (Å²) < 4.78 is 86.2. The van der Waals surface area contributed by atoms with Crippen molar-refractivity contribution in [3.8, 4) is 80.5 Å². The van der Waals surface area contributed by atoms with Crippen molar-refractivity contribution >= 4 is 12.6 Å². The minimum absolute atomic E-state index is 0.133. The van der Waals surface area contributed by atoms with Crippen LogP contribution in [-0.4, -0.2) is 52.9 Å². The van der Waals surface area contributed by atoms with E-state index >= 15 is 0 Å². The number of thiol groups is 1. The maximum atomic E-state index is 6.56. The summed E-state index contributed by atoms with van der Waals surface area (Å²) in [6.07, 6.45) is 13.4. The van der Waals surface area contributed by atoms with E-state index in [0.717, 1.165) is 38.9 Å². The third kappa shape index (κ3) is 22.5. The van der Waals surface area contributed by atoms with E-state index in [2.05, 4.69) is 65.3 Å². The number of hydrogen-bond donors (Lipinski definition) is 1. The van der Waals surface area contributed by atoms with Crippen LogP contribution in [0.4, 0.5) is 0 Å². The number of rotatable bonds is 43. The summed E-state index contributed by atoms with van der Waals surface area (Å²) in [5.74, 6) is 8.52. The first-order valence-corrected chi connectivity index (χ1v) is 29.0. The Bertz CT molecular complexity index is 2930. The molecular weight excluding hydrogens is 1130 g/mol. The van der Waals surface area contributed by atoms with Gasteiger partial charge in [-0.05, 0) is 124 Å². The van der Waals surface area contributed by atoms with Crippen molar-refractivity contribution in [3.63, 3.8) is 0 Å².